The van der Waals surface area contributed by atoms with Crippen LogP contribution in [0, 0.1) is 0 Å². The molecule has 0 unspecified atom stereocenters. The normalized spacial score (nSPS) is 15.4. The summed E-state index contributed by atoms with van der Waals surface area (Å²) in [4.78, 5) is 25.3. The second kappa shape index (κ2) is 14.6. The van der Waals surface area contributed by atoms with Crippen LogP contribution in [0.3, 0.4) is 0 Å². The van der Waals surface area contributed by atoms with Gasteiger partial charge in [-0.2, -0.15) is 5.10 Å². The number of thiocarbonyl (C=S) groups is 1. The maximum Gasteiger partial charge on any atom is 0.338 e. The van der Waals surface area contributed by atoms with E-state index < -0.39 is 17.9 Å². The van der Waals surface area contributed by atoms with Crippen molar-refractivity contribution in [1.82, 2.24) is 16.1 Å². The number of hydrogen-bond donors (Lipinski definition) is 3. The van der Waals surface area contributed by atoms with E-state index >= 15 is 0 Å². The molecule has 1 amide bonds. The summed E-state index contributed by atoms with van der Waals surface area (Å²) in [6.07, 6.45) is 1.45. The molecule has 3 N–H and O–H groups in total. The van der Waals surface area contributed by atoms with Gasteiger partial charge in [-0.3, -0.25) is 4.79 Å². The summed E-state index contributed by atoms with van der Waals surface area (Å²) in [7, 11) is 0. The highest BCUT2D eigenvalue weighted by atomic mass is 79.9. The number of carbonyl (C=O) groups is 2. The van der Waals surface area contributed by atoms with Crippen molar-refractivity contribution in [2.24, 2.45) is 5.10 Å². The third kappa shape index (κ3) is 7.85. The van der Waals surface area contributed by atoms with Crippen molar-refractivity contribution in [3.63, 3.8) is 0 Å². The van der Waals surface area contributed by atoms with Gasteiger partial charge >= 0.3 is 5.97 Å². The molecule has 0 fully saturated rings. The van der Waals surface area contributed by atoms with Crippen molar-refractivity contribution in [3.8, 4) is 23.0 Å². The molecule has 0 saturated carbocycles. The number of nitrogens with one attached hydrogen (secondary N) is 3. The molecule has 0 aromatic heterocycles. The van der Waals surface area contributed by atoms with E-state index in [2.05, 4.69) is 37.1 Å². The molecule has 0 radical (unpaired) electrons. The monoisotopic (exact) mass is 714 g/mol. The van der Waals surface area contributed by atoms with E-state index in [1.54, 1.807) is 50.2 Å². The third-order valence-corrected chi connectivity index (χ3v) is 7.69. The fourth-order valence-corrected chi connectivity index (χ4v) is 5.85. The van der Waals surface area contributed by atoms with Crippen LogP contribution in [0.15, 0.2) is 75.4 Å². The zero-order chi connectivity index (χ0) is 31.9. The molecule has 234 valence electrons. The van der Waals surface area contributed by atoms with E-state index in [9.17, 15) is 9.59 Å². The SMILES string of the molecule is CCOC(=O)C1=C(C)NC(=S)N[C@@H]1c1ccccc1OCC(=O)NN=Cc1cc(Cl)c(OCc2ccc3c(c2)OCO3)c(Br)c1. The average molecular weight is 716 g/mol. The quantitative estimate of drug-likeness (QED) is 0.104. The van der Waals surface area contributed by atoms with Crippen LogP contribution in [0.2, 0.25) is 5.02 Å². The van der Waals surface area contributed by atoms with E-state index in [0.29, 0.717) is 60.0 Å². The number of hydrogen-bond acceptors (Lipinski definition) is 9. The number of carbonyl (C=O) groups excluding carboxylic acids is 2. The molecule has 45 heavy (non-hydrogen) atoms. The van der Waals surface area contributed by atoms with Crippen LogP contribution in [0.1, 0.15) is 36.6 Å². The molecule has 14 heteroatoms. The number of amides is 1. The van der Waals surface area contributed by atoms with Crippen LogP contribution < -0.4 is 35.0 Å². The summed E-state index contributed by atoms with van der Waals surface area (Å²) < 4.78 is 28.4. The molecule has 0 aliphatic carbocycles. The van der Waals surface area contributed by atoms with Crippen LogP contribution in [0.4, 0.5) is 0 Å². The number of benzene rings is 3. The fourth-order valence-electron chi connectivity index (χ4n) is 4.59. The number of ether oxygens (including phenoxy) is 5. The van der Waals surface area contributed by atoms with Crippen LogP contribution >= 0.6 is 39.7 Å². The molecule has 2 aliphatic rings. The Labute approximate surface area is 278 Å². The van der Waals surface area contributed by atoms with Crippen molar-refractivity contribution in [1.29, 1.82) is 0 Å². The molecule has 2 aliphatic heterocycles. The van der Waals surface area contributed by atoms with Gasteiger partial charge in [-0.15, -0.1) is 0 Å². The van der Waals surface area contributed by atoms with Crippen molar-refractivity contribution in [2.45, 2.75) is 26.5 Å². The molecule has 3 aromatic rings. The highest BCUT2D eigenvalue weighted by Crippen LogP contribution is 2.37. The predicted octanol–water partition coefficient (Wildman–Crippen LogP) is 5.30. The number of allylic oxidation sites excluding steroid dienone is 1. The van der Waals surface area contributed by atoms with Crippen LogP contribution in [-0.4, -0.2) is 43.2 Å². The van der Waals surface area contributed by atoms with Gasteiger partial charge < -0.3 is 34.3 Å². The fraction of sp³-hybridized carbons (Fsp3) is 0.226. The first-order chi connectivity index (χ1) is 21.7. The predicted molar refractivity (Wildman–Crippen MR) is 175 cm³/mol. The Hall–Kier alpha value is -4.33. The van der Waals surface area contributed by atoms with Crippen molar-refractivity contribution < 1.29 is 33.3 Å². The van der Waals surface area contributed by atoms with Gasteiger partial charge in [0, 0.05) is 11.3 Å². The summed E-state index contributed by atoms with van der Waals surface area (Å²) in [6, 6.07) is 15.4. The molecule has 0 spiro atoms. The molecule has 3 aromatic carbocycles. The van der Waals surface area contributed by atoms with Gasteiger partial charge in [-0.25, -0.2) is 10.2 Å². The minimum Gasteiger partial charge on any atom is -0.486 e. The molecule has 2 heterocycles. The minimum atomic E-state index is -0.637. The zero-order valence-corrected chi connectivity index (χ0v) is 27.3. The molecule has 11 nitrogen and oxygen atoms in total. The minimum absolute atomic E-state index is 0.199. The summed E-state index contributed by atoms with van der Waals surface area (Å²) >= 11 is 15.3. The van der Waals surface area contributed by atoms with Gasteiger partial charge in [0.1, 0.15) is 12.4 Å². The first-order valence-electron chi connectivity index (χ1n) is 13.7. The Morgan fingerprint density at radius 2 is 1.96 bits per heavy atom. The Morgan fingerprint density at radius 1 is 1.16 bits per heavy atom. The number of para-hydroxylation sites is 1. The largest absolute Gasteiger partial charge is 0.486 e. The lowest BCUT2D eigenvalue weighted by Crippen LogP contribution is -2.45. The summed E-state index contributed by atoms with van der Waals surface area (Å²) in [5.74, 6) is 1.23. The molecule has 0 bridgehead atoms. The Bertz CT molecular complexity index is 1680. The van der Waals surface area contributed by atoms with E-state index in [-0.39, 0.29) is 26.6 Å². The van der Waals surface area contributed by atoms with Gasteiger partial charge in [-0.05, 0) is 83.5 Å². The molecule has 5 rings (SSSR count). The lowest BCUT2D eigenvalue weighted by atomic mass is 9.95. The topological polar surface area (TPSA) is 129 Å². The molecular formula is C31H28BrClN4O7S. The molecule has 1 atom stereocenters. The van der Waals surface area contributed by atoms with E-state index in [1.165, 1.54) is 6.21 Å². The second-order valence-corrected chi connectivity index (χ2v) is 11.4. The summed E-state index contributed by atoms with van der Waals surface area (Å²) in [5.41, 5.74) is 5.50. The van der Waals surface area contributed by atoms with Gasteiger partial charge in [-0.1, -0.05) is 35.9 Å². The van der Waals surface area contributed by atoms with Gasteiger partial charge in [0.25, 0.3) is 5.91 Å². The van der Waals surface area contributed by atoms with Crippen LogP contribution in [0.25, 0.3) is 0 Å². The number of esters is 1. The lowest BCUT2D eigenvalue weighted by molar-refractivity contribution is -0.139. The highest BCUT2D eigenvalue weighted by Gasteiger charge is 2.32. The first kappa shape index (κ1) is 32.1. The molecule has 0 saturated heterocycles. The Kier molecular flexibility index (Phi) is 10.4. The first-order valence-corrected chi connectivity index (χ1v) is 15.3. The van der Waals surface area contributed by atoms with Gasteiger partial charge in [0.15, 0.2) is 29.0 Å². The zero-order valence-electron chi connectivity index (χ0n) is 24.1. The number of hydrazone groups is 1. The van der Waals surface area contributed by atoms with Crippen LogP contribution in [-0.2, 0) is 20.9 Å². The van der Waals surface area contributed by atoms with E-state index in [1.807, 2.05) is 18.2 Å². The highest BCUT2D eigenvalue weighted by molar-refractivity contribution is 9.10. The van der Waals surface area contributed by atoms with Gasteiger partial charge in [0.2, 0.25) is 6.79 Å². The smallest absolute Gasteiger partial charge is 0.338 e. The van der Waals surface area contributed by atoms with Crippen LogP contribution in [0.5, 0.6) is 23.0 Å². The summed E-state index contributed by atoms with van der Waals surface area (Å²) in [5, 5.41) is 10.8. The van der Waals surface area contributed by atoms with Crippen molar-refractivity contribution in [3.05, 3.63) is 92.1 Å². The standard InChI is InChI=1S/C31H28BrClN4O7S/c1-3-40-30(39)27-17(2)35-31(45)36-28(27)20-6-4-5-7-23(20)41-15-26(38)37-34-13-19-10-21(32)29(22(33)11-19)42-14-18-8-9-24-25(12-18)44-16-43-24/h4-13,28H,3,14-16H2,1-2H3,(H,37,38)(H2,35,36,45)/t28-/m1/s1. The van der Waals surface area contributed by atoms with Crippen molar-refractivity contribution >= 4 is 63.0 Å². The third-order valence-electron chi connectivity index (χ3n) is 6.60. The second-order valence-electron chi connectivity index (χ2n) is 9.70. The average Bonchev–Trinajstić information content (AvgIpc) is 3.47. The maximum absolute atomic E-state index is 12.7. The number of rotatable bonds is 11. The number of halogens is 2. The summed E-state index contributed by atoms with van der Waals surface area (Å²) in [6.45, 7) is 3.82. The number of nitrogens with zero attached hydrogens (tertiary/aromatic N) is 1. The van der Waals surface area contributed by atoms with E-state index in [0.717, 1.165) is 5.56 Å². The van der Waals surface area contributed by atoms with Gasteiger partial charge in [0.05, 0.1) is 33.9 Å². The lowest BCUT2D eigenvalue weighted by Gasteiger charge is -2.30. The Balaban J connectivity index is 1.18. The molecular weight excluding hydrogens is 688 g/mol. The van der Waals surface area contributed by atoms with Crippen molar-refractivity contribution in [2.75, 3.05) is 20.0 Å². The number of fused-ring (bicyclic) bond motifs is 1. The maximum atomic E-state index is 12.7. The van der Waals surface area contributed by atoms with E-state index in [4.69, 9.17) is 47.5 Å². The Morgan fingerprint density at radius 3 is 2.76 bits per heavy atom.